The molecule has 3 nitrogen and oxygen atoms in total. The summed E-state index contributed by atoms with van der Waals surface area (Å²) in [7, 11) is 0. The van der Waals surface area contributed by atoms with Crippen LogP contribution >= 0.6 is 0 Å². The van der Waals surface area contributed by atoms with Crippen LogP contribution in [0.4, 0.5) is 5.69 Å². The molecule has 2 fully saturated rings. The first-order chi connectivity index (χ1) is 8.31. The zero-order valence-corrected chi connectivity index (χ0v) is 9.93. The van der Waals surface area contributed by atoms with E-state index in [1.165, 1.54) is 5.56 Å². The van der Waals surface area contributed by atoms with E-state index < -0.39 is 0 Å². The standard InChI is InChI=1S/C14H18N2O/c15-8-7-10-3-1-2-4-13(10)16-12-6-5-11(9-12)14(16)17/h1-4,11-12H,5-9,15H2. The van der Waals surface area contributed by atoms with Crippen LogP contribution < -0.4 is 10.6 Å². The summed E-state index contributed by atoms with van der Waals surface area (Å²) in [5.41, 5.74) is 7.93. The van der Waals surface area contributed by atoms with Crippen molar-refractivity contribution < 1.29 is 4.79 Å². The molecule has 2 aliphatic rings. The second-order valence-electron chi connectivity index (χ2n) is 5.04. The van der Waals surface area contributed by atoms with Crippen molar-refractivity contribution in [2.75, 3.05) is 11.4 Å². The van der Waals surface area contributed by atoms with Gasteiger partial charge >= 0.3 is 0 Å². The maximum absolute atomic E-state index is 12.2. The first-order valence-corrected chi connectivity index (χ1v) is 6.42. The Labute approximate surface area is 102 Å². The first kappa shape index (κ1) is 10.8. The largest absolute Gasteiger partial charge is 0.330 e. The van der Waals surface area contributed by atoms with Crippen LogP contribution in [-0.4, -0.2) is 18.5 Å². The minimum absolute atomic E-state index is 0.283. The summed E-state index contributed by atoms with van der Waals surface area (Å²) in [5.74, 6) is 0.608. The molecule has 2 N–H and O–H groups in total. The Morgan fingerprint density at radius 3 is 2.82 bits per heavy atom. The zero-order valence-electron chi connectivity index (χ0n) is 9.93. The van der Waals surface area contributed by atoms with Gasteiger partial charge in [0.2, 0.25) is 5.91 Å². The number of piperidine rings is 1. The molecule has 17 heavy (non-hydrogen) atoms. The van der Waals surface area contributed by atoms with Gasteiger partial charge in [-0.15, -0.1) is 0 Å². The number of para-hydroxylation sites is 1. The number of benzene rings is 1. The van der Waals surface area contributed by atoms with Gasteiger partial charge < -0.3 is 10.6 Å². The molecule has 0 spiro atoms. The van der Waals surface area contributed by atoms with Crippen molar-refractivity contribution >= 4 is 11.6 Å². The Morgan fingerprint density at radius 2 is 2.12 bits per heavy atom. The molecule has 90 valence electrons. The molecule has 1 aliphatic heterocycles. The van der Waals surface area contributed by atoms with E-state index in [0.29, 0.717) is 18.5 Å². The lowest BCUT2D eigenvalue weighted by Gasteiger charge is -2.29. The minimum atomic E-state index is 0.283. The van der Waals surface area contributed by atoms with Crippen molar-refractivity contribution in [3.63, 3.8) is 0 Å². The van der Waals surface area contributed by atoms with E-state index >= 15 is 0 Å². The van der Waals surface area contributed by atoms with Crippen LogP contribution in [0.25, 0.3) is 0 Å². The molecule has 1 aromatic carbocycles. The molecule has 1 saturated heterocycles. The highest BCUT2D eigenvalue weighted by Gasteiger charge is 2.45. The molecule has 1 saturated carbocycles. The number of fused-ring (bicyclic) bond motifs is 2. The van der Waals surface area contributed by atoms with Crippen molar-refractivity contribution in [1.82, 2.24) is 0 Å². The average molecular weight is 230 g/mol. The number of nitrogens with zero attached hydrogens (tertiary/aromatic N) is 1. The van der Waals surface area contributed by atoms with Gasteiger partial charge in [0.05, 0.1) is 0 Å². The Hall–Kier alpha value is -1.35. The third-order valence-electron chi connectivity index (χ3n) is 4.02. The SMILES string of the molecule is NCCc1ccccc1N1C(=O)C2CCC1C2. The molecule has 0 aromatic heterocycles. The lowest BCUT2D eigenvalue weighted by atomic mass is 10.0. The van der Waals surface area contributed by atoms with E-state index in [1.807, 2.05) is 17.0 Å². The second kappa shape index (κ2) is 4.15. The molecule has 1 aromatic rings. The van der Waals surface area contributed by atoms with Crippen molar-refractivity contribution in [2.45, 2.75) is 31.7 Å². The highest BCUT2D eigenvalue weighted by molar-refractivity contribution is 5.99. The summed E-state index contributed by atoms with van der Waals surface area (Å²) in [5, 5.41) is 0. The van der Waals surface area contributed by atoms with Gasteiger partial charge in [-0.2, -0.15) is 0 Å². The number of hydrogen-bond donors (Lipinski definition) is 1. The Morgan fingerprint density at radius 1 is 1.29 bits per heavy atom. The van der Waals surface area contributed by atoms with Gasteiger partial charge in [-0.1, -0.05) is 18.2 Å². The third kappa shape index (κ3) is 1.65. The Balaban J connectivity index is 1.96. The van der Waals surface area contributed by atoms with Gasteiger partial charge in [0.25, 0.3) is 0 Å². The molecule has 2 bridgehead atoms. The van der Waals surface area contributed by atoms with Crippen LogP contribution in [0, 0.1) is 5.92 Å². The number of carbonyl (C=O) groups excluding carboxylic acids is 1. The van der Waals surface area contributed by atoms with Crippen LogP contribution in [0.3, 0.4) is 0 Å². The smallest absolute Gasteiger partial charge is 0.230 e. The first-order valence-electron chi connectivity index (χ1n) is 6.42. The molecule has 3 heteroatoms. The Bertz CT molecular complexity index is 444. The van der Waals surface area contributed by atoms with Crippen LogP contribution in [-0.2, 0) is 11.2 Å². The van der Waals surface area contributed by atoms with Gasteiger partial charge in [0, 0.05) is 17.6 Å². The predicted octanol–water partition coefficient (Wildman–Crippen LogP) is 1.70. The minimum Gasteiger partial charge on any atom is -0.330 e. The molecule has 3 rings (SSSR count). The average Bonchev–Trinajstić information content (AvgIpc) is 2.91. The summed E-state index contributed by atoms with van der Waals surface area (Å²) in [6, 6.07) is 8.61. The fourth-order valence-electron chi connectivity index (χ4n) is 3.22. The van der Waals surface area contributed by atoms with E-state index in [2.05, 4.69) is 12.1 Å². The second-order valence-corrected chi connectivity index (χ2v) is 5.04. The number of amides is 1. The van der Waals surface area contributed by atoms with Gasteiger partial charge in [-0.3, -0.25) is 4.79 Å². The predicted molar refractivity (Wildman–Crippen MR) is 67.8 cm³/mol. The maximum Gasteiger partial charge on any atom is 0.230 e. The van der Waals surface area contributed by atoms with Crippen LogP contribution in [0.5, 0.6) is 0 Å². The van der Waals surface area contributed by atoms with Crippen LogP contribution in [0.1, 0.15) is 24.8 Å². The van der Waals surface area contributed by atoms with Crippen molar-refractivity contribution in [2.24, 2.45) is 11.7 Å². The van der Waals surface area contributed by atoms with Crippen LogP contribution in [0.2, 0.25) is 0 Å². The third-order valence-corrected chi connectivity index (χ3v) is 4.02. The highest BCUT2D eigenvalue weighted by Crippen LogP contribution is 2.42. The summed E-state index contributed by atoms with van der Waals surface area (Å²) in [6.45, 7) is 0.632. The van der Waals surface area contributed by atoms with Gasteiger partial charge in [-0.05, 0) is 43.9 Å². The van der Waals surface area contributed by atoms with Crippen molar-refractivity contribution in [3.05, 3.63) is 29.8 Å². The van der Waals surface area contributed by atoms with Gasteiger partial charge in [0.1, 0.15) is 0 Å². The highest BCUT2D eigenvalue weighted by atomic mass is 16.2. The lowest BCUT2D eigenvalue weighted by molar-refractivity contribution is -0.121. The molecule has 1 heterocycles. The van der Waals surface area contributed by atoms with Crippen molar-refractivity contribution in [3.8, 4) is 0 Å². The summed E-state index contributed by atoms with van der Waals surface area (Å²) < 4.78 is 0. The van der Waals surface area contributed by atoms with E-state index in [-0.39, 0.29) is 5.92 Å². The maximum atomic E-state index is 12.2. The Kier molecular flexibility index (Phi) is 2.63. The van der Waals surface area contributed by atoms with Gasteiger partial charge in [0.15, 0.2) is 0 Å². The van der Waals surface area contributed by atoms with Gasteiger partial charge in [-0.25, -0.2) is 0 Å². The number of carbonyl (C=O) groups is 1. The quantitative estimate of drug-likeness (QED) is 0.859. The monoisotopic (exact) mass is 230 g/mol. The number of nitrogens with two attached hydrogens (primary N) is 1. The number of rotatable bonds is 3. The zero-order chi connectivity index (χ0) is 11.8. The summed E-state index contributed by atoms with van der Waals surface area (Å²) in [4.78, 5) is 14.2. The normalized spacial score (nSPS) is 26.9. The molecular weight excluding hydrogens is 212 g/mol. The molecule has 2 atom stereocenters. The molecule has 0 radical (unpaired) electrons. The lowest BCUT2D eigenvalue weighted by Crippen LogP contribution is -2.37. The molecule has 1 amide bonds. The number of hydrogen-bond acceptors (Lipinski definition) is 2. The van der Waals surface area contributed by atoms with E-state index in [1.54, 1.807) is 0 Å². The molecule has 1 aliphatic carbocycles. The van der Waals surface area contributed by atoms with E-state index in [9.17, 15) is 4.79 Å². The fraction of sp³-hybridized carbons (Fsp3) is 0.500. The van der Waals surface area contributed by atoms with Crippen LogP contribution in [0.15, 0.2) is 24.3 Å². The summed E-state index contributed by atoms with van der Waals surface area (Å²) >= 11 is 0. The summed E-state index contributed by atoms with van der Waals surface area (Å²) in [6.07, 6.45) is 4.14. The fourth-order valence-corrected chi connectivity index (χ4v) is 3.22. The molecular formula is C14H18N2O. The number of anilines is 1. The van der Waals surface area contributed by atoms with E-state index in [0.717, 1.165) is 31.4 Å². The molecule has 2 unspecified atom stereocenters. The van der Waals surface area contributed by atoms with Crippen molar-refractivity contribution in [1.29, 1.82) is 0 Å². The van der Waals surface area contributed by atoms with E-state index in [4.69, 9.17) is 5.73 Å². The topological polar surface area (TPSA) is 46.3 Å².